The van der Waals surface area contributed by atoms with Crippen LogP contribution in [0.1, 0.15) is 48.1 Å². The number of hydrogen-bond donors (Lipinski definition) is 2. The van der Waals surface area contributed by atoms with Gasteiger partial charge in [-0.15, -0.1) is 0 Å². The molecule has 5 heteroatoms. The SMILES string of the molecule is CC(=O)N1Cc2cc(-c3cnc4[nH]cc(C)c4c3)cc(C3CCCN3)c2C1. The Kier molecular flexibility index (Phi) is 3.79. The lowest BCUT2D eigenvalue weighted by Gasteiger charge is -2.18. The number of pyridine rings is 1. The monoisotopic (exact) mass is 360 g/mol. The third-order valence-corrected chi connectivity index (χ3v) is 6.04. The maximum Gasteiger partial charge on any atom is 0.220 e. The third-order valence-electron chi connectivity index (χ3n) is 6.04. The van der Waals surface area contributed by atoms with Crippen LogP contribution in [-0.2, 0) is 17.9 Å². The first kappa shape index (κ1) is 16.5. The van der Waals surface area contributed by atoms with Gasteiger partial charge < -0.3 is 15.2 Å². The highest BCUT2D eigenvalue weighted by Crippen LogP contribution is 2.37. The number of amides is 1. The molecule has 1 fully saturated rings. The van der Waals surface area contributed by atoms with Crippen molar-refractivity contribution >= 4 is 16.9 Å². The van der Waals surface area contributed by atoms with Crippen molar-refractivity contribution in [3.63, 3.8) is 0 Å². The Bertz CT molecular complexity index is 1050. The summed E-state index contributed by atoms with van der Waals surface area (Å²) in [6.07, 6.45) is 6.31. The van der Waals surface area contributed by atoms with E-state index in [1.165, 1.54) is 39.6 Å². The molecular formula is C22H24N4O. The van der Waals surface area contributed by atoms with Crippen molar-refractivity contribution in [1.82, 2.24) is 20.2 Å². The van der Waals surface area contributed by atoms with E-state index in [1.807, 2.05) is 17.3 Å². The van der Waals surface area contributed by atoms with E-state index in [9.17, 15) is 4.79 Å². The number of aryl methyl sites for hydroxylation is 1. The lowest BCUT2D eigenvalue weighted by molar-refractivity contribution is -0.129. The van der Waals surface area contributed by atoms with Crippen LogP contribution >= 0.6 is 0 Å². The average molecular weight is 360 g/mol. The molecule has 0 spiro atoms. The first-order chi connectivity index (χ1) is 13.1. The Morgan fingerprint density at radius 1 is 1.22 bits per heavy atom. The van der Waals surface area contributed by atoms with E-state index in [1.54, 1.807) is 6.92 Å². The second kappa shape index (κ2) is 6.20. The van der Waals surface area contributed by atoms with E-state index in [2.05, 4.69) is 40.4 Å². The van der Waals surface area contributed by atoms with Crippen molar-refractivity contribution in [2.45, 2.75) is 45.8 Å². The zero-order valence-electron chi connectivity index (χ0n) is 15.8. The number of nitrogens with one attached hydrogen (secondary N) is 2. The van der Waals surface area contributed by atoms with Crippen molar-refractivity contribution in [1.29, 1.82) is 0 Å². The number of carbonyl (C=O) groups is 1. The maximum atomic E-state index is 12.0. The normalized spacial score (nSPS) is 19.0. The van der Waals surface area contributed by atoms with Gasteiger partial charge in [0.05, 0.1) is 0 Å². The van der Waals surface area contributed by atoms with Crippen molar-refractivity contribution in [3.05, 3.63) is 52.8 Å². The molecule has 0 aliphatic carbocycles. The van der Waals surface area contributed by atoms with Gasteiger partial charge in [0.15, 0.2) is 0 Å². The van der Waals surface area contributed by atoms with Gasteiger partial charge in [-0.1, -0.05) is 0 Å². The van der Waals surface area contributed by atoms with E-state index in [4.69, 9.17) is 0 Å². The van der Waals surface area contributed by atoms with Crippen molar-refractivity contribution in [2.24, 2.45) is 0 Å². The van der Waals surface area contributed by atoms with Gasteiger partial charge in [0, 0.05) is 49.4 Å². The summed E-state index contributed by atoms with van der Waals surface area (Å²) in [5.74, 6) is 0.143. The molecule has 2 N–H and O–H groups in total. The molecule has 4 heterocycles. The third kappa shape index (κ3) is 2.73. The fraction of sp³-hybridized carbons (Fsp3) is 0.364. The van der Waals surface area contributed by atoms with Gasteiger partial charge in [-0.2, -0.15) is 0 Å². The van der Waals surface area contributed by atoms with Gasteiger partial charge in [-0.3, -0.25) is 4.79 Å². The number of benzene rings is 1. The van der Waals surface area contributed by atoms with Crippen LogP contribution in [0.2, 0.25) is 0 Å². The number of aromatic amines is 1. The van der Waals surface area contributed by atoms with Gasteiger partial charge in [-0.05, 0) is 72.3 Å². The molecule has 5 nitrogen and oxygen atoms in total. The van der Waals surface area contributed by atoms with E-state index < -0.39 is 0 Å². The Hall–Kier alpha value is -2.66. The Labute approximate surface area is 158 Å². The van der Waals surface area contributed by atoms with Crippen molar-refractivity contribution < 1.29 is 4.79 Å². The molecule has 5 rings (SSSR count). The summed E-state index contributed by atoms with van der Waals surface area (Å²) >= 11 is 0. The van der Waals surface area contributed by atoms with Crippen LogP contribution in [0.4, 0.5) is 0 Å². The molecule has 1 atom stereocenters. The zero-order chi connectivity index (χ0) is 18.5. The highest BCUT2D eigenvalue weighted by Gasteiger charge is 2.28. The highest BCUT2D eigenvalue weighted by molar-refractivity contribution is 5.85. The second-order valence-corrected chi connectivity index (χ2v) is 7.82. The Morgan fingerprint density at radius 2 is 2.11 bits per heavy atom. The number of carbonyl (C=O) groups excluding carboxylic acids is 1. The fourth-order valence-electron chi connectivity index (χ4n) is 4.49. The van der Waals surface area contributed by atoms with E-state index >= 15 is 0 Å². The van der Waals surface area contributed by atoms with Crippen LogP contribution in [0.15, 0.2) is 30.6 Å². The molecule has 2 aromatic heterocycles. The van der Waals surface area contributed by atoms with Gasteiger partial charge >= 0.3 is 0 Å². The quantitative estimate of drug-likeness (QED) is 0.730. The Morgan fingerprint density at radius 3 is 2.89 bits per heavy atom. The van der Waals surface area contributed by atoms with E-state index in [0.717, 1.165) is 30.7 Å². The maximum absolute atomic E-state index is 12.0. The first-order valence-corrected chi connectivity index (χ1v) is 9.69. The van der Waals surface area contributed by atoms with Gasteiger partial charge in [0.25, 0.3) is 0 Å². The highest BCUT2D eigenvalue weighted by atomic mass is 16.2. The van der Waals surface area contributed by atoms with Crippen LogP contribution < -0.4 is 5.32 Å². The molecule has 1 aromatic carbocycles. The summed E-state index contributed by atoms with van der Waals surface area (Å²) in [6.45, 7) is 6.26. The number of rotatable bonds is 2. The van der Waals surface area contributed by atoms with Crippen LogP contribution in [-0.4, -0.2) is 27.3 Å². The summed E-state index contributed by atoms with van der Waals surface area (Å²) in [5.41, 5.74) is 8.43. The number of hydrogen-bond acceptors (Lipinski definition) is 3. The smallest absolute Gasteiger partial charge is 0.220 e. The van der Waals surface area contributed by atoms with Gasteiger partial charge in [0.2, 0.25) is 5.91 Å². The number of nitrogens with zero attached hydrogens (tertiary/aromatic N) is 2. The summed E-state index contributed by atoms with van der Waals surface area (Å²) < 4.78 is 0. The fourth-order valence-corrected chi connectivity index (χ4v) is 4.49. The van der Waals surface area contributed by atoms with Crippen molar-refractivity contribution in [2.75, 3.05) is 6.54 Å². The summed E-state index contributed by atoms with van der Waals surface area (Å²) in [4.78, 5) is 21.7. The molecule has 0 bridgehead atoms. The zero-order valence-corrected chi connectivity index (χ0v) is 15.8. The minimum atomic E-state index is 0.143. The minimum Gasteiger partial charge on any atom is -0.346 e. The predicted octanol–water partition coefficient (Wildman–Crippen LogP) is 3.82. The molecule has 3 aromatic rings. The number of fused-ring (bicyclic) bond motifs is 2. The molecule has 1 unspecified atom stereocenters. The van der Waals surface area contributed by atoms with Crippen LogP contribution in [0.3, 0.4) is 0 Å². The molecule has 1 amide bonds. The van der Waals surface area contributed by atoms with E-state index in [-0.39, 0.29) is 5.91 Å². The van der Waals surface area contributed by atoms with E-state index in [0.29, 0.717) is 12.6 Å². The topological polar surface area (TPSA) is 61.0 Å². The van der Waals surface area contributed by atoms with Gasteiger partial charge in [-0.25, -0.2) is 4.98 Å². The molecule has 138 valence electrons. The molecule has 2 aliphatic heterocycles. The largest absolute Gasteiger partial charge is 0.346 e. The molecule has 1 saturated heterocycles. The molecule has 0 saturated carbocycles. The molecular weight excluding hydrogens is 336 g/mol. The standard InChI is InChI=1S/C22H24N4O/c1-13-9-24-22-18(13)8-16(10-25-22)15-6-17-11-26(14(2)27)12-20(17)19(7-15)21-4-3-5-23-21/h6-10,21,23H,3-5,11-12H2,1-2H3,(H,24,25). The number of H-pyrrole nitrogens is 1. The Balaban J connectivity index is 1.64. The summed E-state index contributed by atoms with van der Waals surface area (Å²) in [5, 5.41) is 4.80. The van der Waals surface area contributed by atoms with Gasteiger partial charge in [0.1, 0.15) is 5.65 Å². The lowest BCUT2D eigenvalue weighted by atomic mass is 9.91. The predicted molar refractivity (Wildman–Crippen MR) is 106 cm³/mol. The lowest BCUT2D eigenvalue weighted by Crippen LogP contribution is -2.22. The molecule has 0 radical (unpaired) electrons. The second-order valence-electron chi connectivity index (χ2n) is 7.82. The van der Waals surface area contributed by atoms with Crippen LogP contribution in [0, 0.1) is 6.92 Å². The average Bonchev–Trinajstić information content (AvgIpc) is 3.40. The molecule has 27 heavy (non-hydrogen) atoms. The van der Waals surface area contributed by atoms with Crippen molar-refractivity contribution in [3.8, 4) is 11.1 Å². The molecule has 2 aliphatic rings. The van der Waals surface area contributed by atoms with Crippen LogP contribution in [0.25, 0.3) is 22.2 Å². The number of aromatic nitrogens is 2. The van der Waals surface area contributed by atoms with Crippen LogP contribution in [0.5, 0.6) is 0 Å². The summed E-state index contributed by atoms with van der Waals surface area (Å²) in [6, 6.07) is 7.17. The first-order valence-electron chi connectivity index (χ1n) is 9.69. The summed E-state index contributed by atoms with van der Waals surface area (Å²) in [7, 11) is 0. The minimum absolute atomic E-state index is 0.143.